The first-order chi connectivity index (χ1) is 13.6. The lowest BCUT2D eigenvalue weighted by Gasteiger charge is -2.33. The van der Waals surface area contributed by atoms with Crippen LogP contribution >= 0.6 is 0 Å². The maximum Gasteiger partial charge on any atom is 0.358 e. The lowest BCUT2D eigenvalue weighted by atomic mass is 10.00. The van der Waals surface area contributed by atoms with E-state index in [4.69, 9.17) is 4.74 Å². The topological polar surface area (TPSA) is 64.4 Å². The quantitative estimate of drug-likeness (QED) is 0.627. The Kier molecular flexibility index (Phi) is 7.51. The Bertz CT molecular complexity index is 656. The third-order valence-electron chi connectivity index (χ3n) is 6.21. The van der Waals surface area contributed by atoms with E-state index in [9.17, 15) is 9.59 Å². The molecule has 1 amide bonds. The number of esters is 1. The molecular weight excluding hydrogens is 354 g/mol. The molecule has 0 atom stereocenters. The Labute approximate surface area is 168 Å². The minimum Gasteiger partial charge on any atom is -0.461 e. The van der Waals surface area contributed by atoms with Gasteiger partial charge in [-0.1, -0.05) is 39.0 Å². The van der Waals surface area contributed by atoms with E-state index in [1.165, 1.54) is 25.7 Å². The largest absolute Gasteiger partial charge is 0.461 e. The number of carbonyl (C=O) groups excluding carboxylic acids is 2. The van der Waals surface area contributed by atoms with Gasteiger partial charge in [0.1, 0.15) is 0 Å². The lowest BCUT2D eigenvalue weighted by molar-refractivity contribution is -0.132. The summed E-state index contributed by atoms with van der Waals surface area (Å²) in [5.41, 5.74) is 1.50. The number of piperidine rings is 1. The highest BCUT2D eigenvalue weighted by molar-refractivity contribution is 5.87. The Morgan fingerprint density at radius 1 is 1.14 bits per heavy atom. The summed E-state index contributed by atoms with van der Waals surface area (Å²) in [6.45, 7) is 5.87. The SMILES string of the molecule is CCCc1cc(C(=O)OCC)nn1C1CCN(C(=O)CCC2CCCC2)CC1. The normalized spacial score (nSPS) is 18.6. The van der Waals surface area contributed by atoms with Crippen molar-refractivity contribution < 1.29 is 14.3 Å². The van der Waals surface area contributed by atoms with E-state index in [1.54, 1.807) is 6.92 Å². The number of likely N-dealkylation sites (tertiary alicyclic amines) is 1. The number of rotatable bonds is 8. The Hall–Kier alpha value is -1.85. The Balaban J connectivity index is 1.56. The molecule has 2 fully saturated rings. The second-order valence-corrected chi connectivity index (χ2v) is 8.24. The van der Waals surface area contributed by atoms with Gasteiger partial charge in [0.05, 0.1) is 12.6 Å². The molecule has 3 rings (SSSR count). The average Bonchev–Trinajstić information content (AvgIpc) is 3.37. The Morgan fingerprint density at radius 3 is 2.50 bits per heavy atom. The van der Waals surface area contributed by atoms with E-state index >= 15 is 0 Å². The van der Waals surface area contributed by atoms with Crippen LogP contribution in [0.25, 0.3) is 0 Å². The number of hydrogen-bond acceptors (Lipinski definition) is 4. The van der Waals surface area contributed by atoms with Crippen molar-refractivity contribution in [1.29, 1.82) is 0 Å². The minimum absolute atomic E-state index is 0.253. The zero-order valence-corrected chi connectivity index (χ0v) is 17.5. The standard InChI is InChI=1S/C22H35N3O3/c1-3-7-19-16-20(22(27)28-4-2)23-25(19)18-12-14-24(15-13-18)21(26)11-10-17-8-5-6-9-17/h16-18H,3-15H2,1-2H3. The van der Waals surface area contributed by atoms with E-state index in [2.05, 4.69) is 12.0 Å². The van der Waals surface area contributed by atoms with Crippen LogP contribution in [0.2, 0.25) is 0 Å². The number of hydrogen-bond donors (Lipinski definition) is 0. The molecule has 2 heterocycles. The highest BCUT2D eigenvalue weighted by atomic mass is 16.5. The van der Waals surface area contributed by atoms with E-state index in [0.29, 0.717) is 24.6 Å². The highest BCUT2D eigenvalue weighted by Gasteiger charge is 2.27. The van der Waals surface area contributed by atoms with Gasteiger partial charge in [0, 0.05) is 25.2 Å². The molecule has 0 aromatic carbocycles. The molecule has 156 valence electrons. The molecule has 0 unspecified atom stereocenters. The van der Waals surface area contributed by atoms with Gasteiger partial charge in [-0.2, -0.15) is 5.10 Å². The molecule has 2 aliphatic rings. The number of carbonyl (C=O) groups is 2. The molecular formula is C22H35N3O3. The maximum absolute atomic E-state index is 12.6. The van der Waals surface area contributed by atoms with Gasteiger partial charge in [-0.3, -0.25) is 9.48 Å². The van der Waals surface area contributed by atoms with Crippen molar-refractivity contribution >= 4 is 11.9 Å². The zero-order chi connectivity index (χ0) is 19.9. The first-order valence-electron chi connectivity index (χ1n) is 11.2. The van der Waals surface area contributed by atoms with Crippen molar-refractivity contribution in [3.63, 3.8) is 0 Å². The number of amides is 1. The van der Waals surface area contributed by atoms with E-state index in [0.717, 1.165) is 56.8 Å². The summed E-state index contributed by atoms with van der Waals surface area (Å²) >= 11 is 0. The van der Waals surface area contributed by atoms with Crippen LogP contribution in [0, 0.1) is 5.92 Å². The molecule has 0 radical (unpaired) electrons. The van der Waals surface area contributed by atoms with Crippen LogP contribution in [0.15, 0.2) is 6.07 Å². The monoisotopic (exact) mass is 389 g/mol. The van der Waals surface area contributed by atoms with Gasteiger partial charge in [-0.15, -0.1) is 0 Å². The molecule has 0 bridgehead atoms. The van der Waals surface area contributed by atoms with Gasteiger partial charge in [0.25, 0.3) is 0 Å². The summed E-state index contributed by atoms with van der Waals surface area (Å²) in [6.07, 6.45) is 10.7. The van der Waals surface area contributed by atoms with Crippen LogP contribution in [0.3, 0.4) is 0 Å². The molecule has 1 saturated carbocycles. The minimum atomic E-state index is -0.349. The fourth-order valence-corrected chi connectivity index (χ4v) is 4.64. The van der Waals surface area contributed by atoms with Crippen LogP contribution in [0.4, 0.5) is 0 Å². The van der Waals surface area contributed by atoms with Gasteiger partial charge in [-0.25, -0.2) is 4.79 Å². The number of aryl methyl sites for hydroxylation is 1. The zero-order valence-electron chi connectivity index (χ0n) is 17.5. The Morgan fingerprint density at radius 2 is 1.86 bits per heavy atom. The highest BCUT2D eigenvalue weighted by Crippen LogP contribution is 2.30. The third-order valence-corrected chi connectivity index (χ3v) is 6.21. The lowest BCUT2D eigenvalue weighted by Crippen LogP contribution is -2.39. The molecule has 0 N–H and O–H groups in total. The van der Waals surface area contributed by atoms with Gasteiger partial charge < -0.3 is 9.64 Å². The summed E-state index contributed by atoms with van der Waals surface area (Å²) in [6, 6.07) is 2.13. The van der Waals surface area contributed by atoms with E-state index < -0.39 is 0 Å². The van der Waals surface area contributed by atoms with Crippen LogP contribution in [0.1, 0.15) is 93.9 Å². The van der Waals surface area contributed by atoms with Crippen molar-refractivity contribution in [3.05, 3.63) is 17.5 Å². The van der Waals surface area contributed by atoms with Crippen LogP contribution < -0.4 is 0 Å². The van der Waals surface area contributed by atoms with Crippen LogP contribution in [-0.4, -0.2) is 46.3 Å². The second-order valence-electron chi connectivity index (χ2n) is 8.24. The van der Waals surface area contributed by atoms with Crippen molar-refractivity contribution in [2.45, 2.75) is 84.1 Å². The predicted octanol–water partition coefficient (Wildman–Crippen LogP) is 4.15. The fourth-order valence-electron chi connectivity index (χ4n) is 4.64. The van der Waals surface area contributed by atoms with Gasteiger partial charge in [0.15, 0.2) is 5.69 Å². The summed E-state index contributed by atoms with van der Waals surface area (Å²) in [5, 5.41) is 4.57. The average molecular weight is 390 g/mol. The van der Waals surface area contributed by atoms with Crippen molar-refractivity contribution in [3.8, 4) is 0 Å². The number of ether oxygens (including phenoxy) is 1. The molecule has 6 heteroatoms. The fraction of sp³-hybridized carbons (Fsp3) is 0.773. The molecule has 0 spiro atoms. The molecule has 1 aliphatic heterocycles. The van der Waals surface area contributed by atoms with Gasteiger partial charge >= 0.3 is 5.97 Å². The third kappa shape index (κ3) is 5.15. The summed E-state index contributed by atoms with van der Waals surface area (Å²) < 4.78 is 7.14. The summed E-state index contributed by atoms with van der Waals surface area (Å²) in [4.78, 5) is 26.7. The predicted molar refractivity (Wildman–Crippen MR) is 108 cm³/mol. The maximum atomic E-state index is 12.6. The smallest absolute Gasteiger partial charge is 0.358 e. The number of nitrogens with zero attached hydrogens (tertiary/aromatic N) is 3. The molecule has 6 nitrogen and oxygen atoms in total. The first kappa shape index (κ1) is 20.9. The van der Waals surface area contributed by atoms with E-state index in [-0.39, 0.29) is 12.0 Å². The van der Waals surface area contributed by atoms with E-state index in [1.807, 2.05) is 15.6 Å². The van der Waals surface area contributed by atoms with Crippen LogP contribution in [-0.2, 0) is 16.0 Å². The number of aromatic nitrogens is 2. The molecule has 1 saturated heterocycles. The van der Waals surface area contributed by atoms with Crippen molar-refractivity contribution in [2.24, 2.45) is 5.92 Å². The summed E-state index contributed by atoms with van der Waals surface area (Å²) in [7, 11) is 0. The molecule has 1 aliphatic carbocycles. The second kappa shape index (κ2) is 10.1. The van der Waals surface area contributed by atoms with Crippen molar-refractivity contribution in [1.82, 2.24) is 14.7 Å². The van der Waals surface area contributed by atoms with Crippen molar-refractivity contribution in [2.75, 3.05) is 19.7 Å². The van der Waals surface area contributed by atoms with Crippen LogP contribution in [0.5, 0.6) is 0 Å². The van der Waals surface area contributed by atoms with Gasteiger partial charge in [-0.05, 0) is 44.6 Å². The molecule has 1 aromatic rings. The molecule has 28 heavy (non-hydrogen) atoms. The first-order valence-corrected chi connectivity index (χ1v) is 11.2. The van der Waals surface area contributed by atoms with Gasteiger partial charge in [0.2, 0.25) is 5.91 Å². The summed E-state index contributed by atoms with van der Waals surface area (Å²) in [5.74, 6) is 0.730. The molecule has 1 aromatic heterocycles.